The van der Waals surface area contributed by atoms with Crippen LogP contribution in [0.1, 0.15) is 22.8 Å². The largest absolute Gasteiger partial charge is 0.478 e. The summed E-state index contributed by atoms with van der Waals surface area (Å²) in [5.74, 6) is -2.51. The molecule has 0 unspecified atom stereocenters. The summed E-state index contributed by atoms with van der Waals surface area (Å²) in [6.45, 7) is 2.88. The molecule has 1 rings (SSSR count). The summed E-state index contributed by atoms with van der Waals surface area (Å²) in [7, 11) is 0. The van der Waals surface area contributed by atoms with Crippen LogP contribution in [0.4, 0.5) is 10.1 Å². The molecule has 0 saturated carbocycles. The fourth-order valence-corrected chi connectivity index (χ4v) is 1.16. The number of aryl methyl sites for hydroxylation is 1. The van der Waals surface area contributed by atoms with Crippen molar-refractivity contribution in [2.24, 2.45) is 0 Å². The quantitative estimate of drug-likeness (QED) is 0.783. The lowest BCUT2D eigenvalue weighted by Gasteiger charge is -2.08. The molecule has 1 amide bonds. The molecule has 0 aliphatic heterocycles. The third-order valence-corrected chi connectivity index (χ3v) is 1.86. The van der Waals surface area contributed by atoms with Crippen molar-refractivity contribution in [2.45, 2.75) is 13.8 Å². The lowest BCUT2D eigenvalue weighted by atomic mass is 10.1. The van der Waals surface area contributed by atoms with Gasteiger partial charge in [0.15, 0.2) is 0 Å². The van der Waals surface area contributed by atoms with Crippen LogP contribution in [0, 0.1) is 12.7 Å². The van der Waals surface area contributed by atoms with Crippen molar-refractivity contribution >= 4 is 17.6 Å². The molecule has 0 aromatic heterocycles. The first-order chi connectivity index (χ1) is 6.91. The molecule has 2 N–H and O–H groups in total. The number of amides is 1. The number of aromatic carboxylic acids is 1. The van der Waals surface area contributed by atoms with E-state index >= 15 is 0 Å². The molecule has 0 spiro atoms. The van der Waals surface area contributed by atoms with E-state index in [4.69, 9.17) is 5.11 Å². The van der Waals surface area contributed by atoms with Crippen molar-refractivity contribution in [3.63, 3.8) is 0 Å². The smallest absolute Gasteiger partial charge is 0.338 e. The highest BCUT2D eigenvalue weighted by Crippen LogP contribution is 2.20. The maximum absolute atomic E-state index is 13.1. The summed E-state index contributed by atoms with van der Waals surface area (Å²) < 4.78 is 13.1. The van der Waals surface area contributed by atoms with Gasteiger partial charge < -0.3 is 10.4 Å². The summed E-state index contributed by atoms with van der Waals surface area (Å²) in [6.07, 6.45) is 0. The number of halogens is 1. The lowest BCUT2D eigenvalue weighted by Crippen LogP contribution is -2.10. The Kier molecular flexibility index (Phi) is 3.04. The summed E-state index contributed by atoms with van der Waals surface area (Å²) in [4.78, 5) is 21.4. The Labute approximate surface area is 85.7 Å². The molecule has 4 nitrogen and oxygen atoms in total. The molecule has 15 heavy (non-hydrogen) atoms. The number of carbonyl (C=O) groups is 2. The number of rotatable bonds is 2. The average molecular weight is 211 g/mol. The molecule has 80 valence electrons. The van der Waals surface area contributed by atoms with Crippen LogP contribution in [0.5, 0.6) is 0 Å². The number of carboxylic acids is 1. The zero-order chi connectivity index (χ0) is 11.6. The molecule has 5 heteroatoms. The van der Waals surface area contributed by atoms with E-state index in [1.165, 1.54) is 6.92 Å². The molecule has 0 bridgehead atoms. The Balaban J connectivity index is 3.23. The van der Waals surface area contributed by atoms with Gasteiger partial charge in [-0.2, -0.15) is 0 Å². The van der Waals surface area contributed by atoms with Crippen LogP contribution < -0.4 is 5.32 Å². The molecule has 1 aromatic rings. The standard InChI is InChI=1S/C10H10FNO3/c1-5-3-8(11)7(10(14)15)4-9(5)12-6(2)13/h3-4H,1-2H3,(H,12,13)(H,14,15). The number of anilines is 1. The molecule has 0 aliphatic rings. The topological polar surface area (TPSA) is 66.4 Å². The highest BCUT2D eigenvalue weighted by atomic mass is 19.1. The maximum atomic E-state index is 13.1. The van der Waals surface area contributed by atoms with Crippen LogP contribution in [0.15, 0.2) is 12.1 Å². The van der Waals surface area contributed by atoms with Gasteiger partial charge in [-0.15, -0.1) is 0 Å². The third kappa shape index (κ3) is 2.52. The number of nitrogens with one attached hydrogen (secondary N) is 1. The Hall–Kier alpha value is -1.91. The summed E-state index contributed by atoms with van der Waals surface area (Å²) in [6, 6.07) is 2.18. The minimum Gasteiger partial charge on any atom is -0.478 e. The Morgan fingerprint density at radius 1 is 1.40 bits per heavy atom. The van der Waals surface area contributed by atoms with Gasteiger partial charge in [-0.25, -0.2) is 9.18 Å². The van der Waals surface area contributed by atoms with Gasteiger partial charge in [0.1, 0.15) is 5.82 Å². The summed E-state index contributed by atoms with van der Waals surface area (Å²) in [5.41, 5.74) is 0.332. The molecule has 0 aliphatic carbocycles. The predicted molar refractivity (Wildman–Crippen MR) is 52.4 cm³/mol. The van der Waals surface area contributed by atoms with E-state index in [1.807, 2.05) is 0 Å². The maximum Gasteiger partial charge on any atom is 0.338 e. The van der Waals surface area contributed by atoms with Gasteiger partial charge in [-0.05, 0) is 24.6 Å². The Bertz CT molecular complexity index is 429. The SMILES string of the molecule is CC(=O)Nc1cc(C(=O)O)c(F)cc1C. The minimum absolute atomic E-state index is 0.307. The molecule has 1 aromatic carbocycles. The third-order valence-electron chi connectivity index (χ3n) is 1.86. The monoisotopic (exact) mass is 211 g/mol. The summed E-state index contributed by atoms with van der Waals surface area (Å²) >= 11 is 0. The second kappa shape index (κ2) is 4.08. The molecular weight excluding hydrogens is 201 g/mol. The second-order valence-corrected chi connectivity index (χ2v) is 3.13. The molecule has 0 radical (unpaired) electrons. The predicted octanol–water partition coefficient (Wildman–Crippen LogP) is 1.79. The van der Waals surface area contributed by atoms with Crippen molar-refractivity contribution in [2.75, 3.05) is 5.32 Å². The zero-order valence-electron chi connectivity index (χ0n) is 8.30. The normalized spacial score (nSPS) is 9.80. The number of carbonyl (C=O) groups excluding carboxylic acids is 1. The van der Waals surface area contributed by atoms with Crippen LogP contribution in [-0.4, -0.2) is 17.0 Å². The van der Waals surface area contributed by atoms with Crippen LogP contribution in [0.25, 0.3) is 0 Å². The van der Waals surface area contributed by atoms with Crippen molar-refractivity contribution in [1.29, 1.82) is 0 Å². The van der Waals surface area contributed by atoms with Crippen molar-refractivity contribution < 1.29 is 19.1 Å². The van der Waals surface area contributed by atoms with Gasteiger partial charge in [-0.3, -0.25) is 4.79 Å². The van der Waals surface area contributed by atoms with Crippen molar-refractivity contribution in [3.05, 3.63) is 29.1 Å². The van der Waals surface area contributed by atoms with E-state index in [-0.39, 0.29) is 5.91 Å². The van der Waals surface area contributed by atoms with Crippen LogP contribution in [0.3, 0.4) is 0 Å². The zero-order valence-corrected chi connectivity index (χ0v) is 8.30. The van der Waals surface area contributed by atoms with Gasteiger partial charge in [0.25, 0.3) is 0 Å². The highest BCUT2D eigenvalue weighted by Gasteiger charge is 2.13. The molecule has 0 saturated heterocycles. The van der Waals surface area contributed by atoms with E-state index in [0.717, 1.165) is 12.1 Å². The van der Waals surface area contributed by atoms with Gasteiger partial charge in [0, 0.05) is 12.6 Å². The van der Waals surface area contributed by atoms with E-state index < -0.39 is 17.3 Å². The van der Waals surface area contributed by atoms with E-state index in [2.05, 4.69) is 5.32 Å². The molecular formula is C10H10FNO3. The van der Waals surface area contributed by atoms with Crippen LogP contribution >= 0.6 is 0 Å². The molecule has 0 atom stereocenters. The number of hydrogen-bond donors (Lipinski definition) is 2. The fraction of sp³-hybridized carbons (Fsp3) is 0.200. The van der Waals surface area contributed by atoms with Gasteiger partial charge in [-0.1, -0.05) is 0 Å². The first-order valence-electron chi connectivity index (χ1n) is 4.23. The lowest BCUT2D eigenvalue weighted by molar-refractivity contribution is -0.114. The number of carboxylic acid groups (broad SMARTS) is 1. The second-order valence-electron chi connectivity index (χ2n) is 3.13. The number of benzene rings is 1. The minimum atomic E-state index is -1.36. The molecule has 0 fully saturated rings. The van der Waals surface area contributed by atoms with Gasteiger partial charge in [0.2, 0.25) is 5.91 Å². The van der Waals surface area contributed by atoms with Crippen molar-refractivity contribution in [3.8, 4) is 0 Å². The number of hydrogen-bond acceptors (Lipinski definition) is 2. The van der Waals surface area contributed by atoms with Gasteiger partial charge >= 0.3 is 5.97 Å². The average Bonchev–Trinajstić information content (AvgIpc) is 2.08. The fourth-order valence-electron chi connectivity index (χ4n) is 1.16. The van der Waals surface area contributed by atoms with Crippen LogP contribution in [-0.2, 0) is 4.79 Å². The highest BCUT2D eigenvalue weighted by molar-refractivity contribution is 5.93. The van der Waals surface area contributed by atoms with Crippen molar-refractivity contribution in [1.82, 2.24) is 0 Å². The van der Waals surface area contributed by atoms with Crippen LogP contribution in [0.2, 0.25) is 0 Å². The first kappa shape index (κ1) is 11.2. The van der Waals surface area contributed by atoms with E-state index in [1.54, 1.807) is 6.92 Å². The van der Waals surface area contributed by atoms with E-state index in [9.17, 15) is 14.0 Å². The summed E-state index contributed by atoms with van der Waals surface area (Å²) in [5, 5.41) is 11.1. The Morgan fingerprint density at radius 3 is 2.47 bits per heavy atom. The molecule has 0 heterocycles. The first-order valence-corrected chi connectivity index (χ1v) is 4.23. The Morgan fingerprint density at radius 2 is 2.00 bits per heavy atom. The van der Waals surface area contributed by atoms with Gasteiger partial charge in [0.05, 0.1) is 5.56 Å². The van der Waals surface area contributed by atoms with E-state index in [0.29, 0.717) is 11.3 Å².